The van der Waals surface area contributed by atoms with Crippen LogP contribution >= 0.6 is 0 Å². The molecular formula is C12H15FN2O. The second-order valence-corrected chi connectivity index (χ2v) is 4.35. The summed E-state index contributed by atoms with van der Waals surface area (Å²) in [5.74, 6) is -0.0000430. The predicted molar refractivity (Wildman–Crippen MR) is 58.5 cm³/mol. The van der Waals surface area contributed by atoms with Gasteiger partial charge in [-0.15, -0.1) is 0 Å². The molecule has 1 heterocycles. The fraction of sp³-hybridized carbons (Fsp3) is 0.500. The zero-order valence-corrected chi connectivity index (χ0v) is 9.32. The molecule has 1 saturated carbocycles. The average molecular weight is 222 g/mol. The summed E-state index contributed by atoms with van der Waals surface area (Å²) in [7, 11) is 1.78. The van der Waals surface area contributed by atoms with Gasteiger partial charge in [0.05, 0.1) is 5.56 Å². The summed E-state index contributed by atoms with van der Waals surface area (Å²) in [5.41, 5.74) is 0.447. The lowest BCUT2D eigenvalue weighted by Crippen LogP contribution is -2.34. The van der Waals surface area contributed by atoms with Gasteiger partial charge >= 0.3 is 0 Å². The normalized spacial score (nSPS) is 15.6. The number of halogens is 1. The molecule has 0 saturated heterocycles. The molecule has 1 aromatic rings. The number of hydrogen-bond donors (Lipinski definition) is 0. The lowest BCUT2D eigenvalue weighted by Gasteiger charge is -2.30. The molecule has 0 unspecified atom stereocenters. The lowest BCUT2D eigenvalue weighted by atomic mass is 9.85. The first-order valence-electron chi connectivity index (χ1n) is 5.54. The first-order valence-corrected chi connectivity index (χ1v) is 5.54. The fourth-order valence-corrected chi connectivity index (χ4v) is 1.87. The quantitative estimate of drug-likeness (QED) is 0.734. The Kier molecular flexibility index (Phi) is 3.17. The number of hydrogen-bond acceptors (Lipinski definition) is 2. The zero-order chi connectivity index (χ0) is 11.5. The lowest BCUT2D eigenvalue weighted by molar-refractivity contribution is 0.0744. The van der Waals surface area contributed by atoms with Crippen molar-refractivity contribution in [2.45, 2.75) is 19.3 Å². The number of rotatable bonds is 3. The standard InChI is InChI=1S/C12H15FN2O/c1-15(8-9-3-2-4-9)12(16)10-5-6-11(13)14-7-10/h5-7,9H,2-4,8H2,1H3. The van der Waals surface area contributed by atoms with Crippen molar-refractivity contribution in [1.29, 1.82) is 0 Å². The maximum atomic E-state index is 12.6. The highest BCUT2D eigenvalue weighted by molar-refractivity contribution is 5.93. The monoisotopic (exact) mass is 222 g/mol. The highest BCUT2D eigenvalue weighted by Crippen LogP contribution is 2.27. The van der Waals surface area contributed by atoms with Gasteiger partial charge in [0.1, 0.15) is 0 Å². The Balaban J connectivity index is 1.97. The minimum Gasteiger partial charge on any atom is -0.341 e. The van der Waals surface area contributed by atoms with Crippen LogP contribution in [0.4, 0.5) is 4.39 Å². The smallest absolute Gasteiger partial charge is 0.255 e. The zero-order valence-electron chi connectivity index (χ0n) is 9.32. The van der Waals surface area contributed by atoms with Crippen molar-refractivity contribution in [3.8, 4) is 0 Å². The summed E-state index contributed by atoms with van der Waals surface area (Å²) in [6, 6.07) is 2.69. The van der Waals surface area contributed by atoms with E-state index in [-0.39, 0.29) is 5.91 Å². The molecule has 1 amide bonds. The Bertz CT molecular complexity index is 373. The number of amides is 1. The Hall–Kier alpha value is -1.45. The van der Waals surface area contributed by atoms with Crippen LogP contribution in [-0.2, 0) is 0 Å². The second-order valence-electron chi connectivity index (χ2n) is 4.35. The molecule has 2 rings (SSSR count). The molecule has 16 heavy (non-hydrogen) atoms. The summed E-state index contributed by atoms with van der Waals surface area (Å²) in [5, 5.41) is 0. The molecule has 1 aliphatic carbocycles. The van der Waals surface area contributed by atoms with Gasteiger partial charge in [-0.25, -0.2) is 4.98 Å². The van der Waals surface area contributed by atoms with Crippen LogP contribution in [0.5, 0.6) is 0 Å². The molecule has 0 N–H and O–H groups in total. The third-order valence-corrected chi connectivity index (χ3v) is 3.08. The van der Waals surface area contributed by atoms with Gasteiger partial charge in [-0.1, -0.05) is 6.42 Å². The van der Waals surface area contributed by atoms with Crippen LogP contribution in [0.1, 0.15) is 29.6 Å². The van der Waals surface area contributed by atoms with Crippen LogP contribution < -0.4 is 0 Å². The van der Waals surface area contributed by atoms with Crippen LogP contribution in [0.2, 0.25) is 0 Å². The van der Waals surface area contributed by atoms with E-state index in [0.717, 1.165) is 6.54 Å². The summed E-state index contributed by atoms with van der Waals surface area (Å²) in [6.07, 6.45) is 4.97. The molecule has 4 heteroatoms. The Morgan fingerprint density at radius 2 is 2.31 bits per heavy atom. The van der Waals surface area contributed by atoms with Crippen LogP contribution in [0, 0.1) is 11.9 Å². The van der Waals surface area contributed by atoms with Gasteiger partial charge < -0.3 is 4.90 Å². The molecule has 0 radical (unpaired) electrons. The van der Waals surface area contributed by atoms with Gasteiger partial charge in [-0.05, 0) is 30.9 Å². The average Bonchev–Trinajstić information content (AvgIpc) is 2.23. The van der Waals surface area contributed by atoms with Gasteiger partial charge in [0.15, 0.2) is 0 Å². The Morgan fingerprint density at radius 3 is 2.81 bits per heavy atom. The molecule has 0 aromatic carbocycles. The molecule has 1 aromatic heterocycles. The fourth-order valence-electron chi connectivity index (χ4n) is 1.87. The number of nitrogens with zero attached hydrogens (tertiary/aromatic N) is 2. The molecule has 0 aliphatic heterocycles. The topological polar surface area (TPSA) is 33.2 Å². The van der Waals surface area contributed by atoms with Crippen LogP contribution in [-0.4, -0.2) is 29.4 Å². The Morgan fingerprint density at radius 1 is 1.56 bits per heavy atom. The van der Waals surface area contributed by atoms with Crippen LogP contribution in [0.25, 0.3) is 0 Å². The number of carbonyl (C=O) groups excluding carboxylic acids is 1. The van der Waals surface area contributed by atoms with Gasteiger partial charge in [0.2, 0.25) is 5.95 Å². The molecule has 0 spiro atoms. The van der Waals surface area contributed by atoms with Gasteiger partial charge in [-0.3, -0.25) is 4.79 Å². The first kappa shape index (κ1) is 11.0. The first-order chi connectivity index (χ1) is 7.66. The third kappa shape index (κ3) is 2.38. The van der Waals surface area contributed by atoms with Crippen molar-refractivity contribution in [3.05, 3.63) is 29.8 Å². The summed E-state index contributed by atoms with van der Waals surface area (Å²) in [6.45, 7) is 0.788. The molecule has 0 bridgehead atoms. The number of pyridine rings is 1. The molecular weight excluding hydrogens is 207 g/mol. The van der Waals surface area contributed by atoms with E-state index in [1.807, 2.05) is 0 Å². The number of carbonyl (C=O) groups is 1. The maximum absolute atomic E-state index is 12.6. The van der Waals surface area contributed by atoms with Crippen molar-refractivity contribution >= 4 is 5.91 Å². The predicted octanol–water partition coefficient (Wildman–Crippen LogP) is 2.09. The molecule has 3 nitrogen and oxygen atoms in total. The van der Waals surface area contributed by atoms with E-state index in [4.69, 9.17) is 0 Å². The van der Waals surface area contributed by atoms with Crippen molar-refractivity contribution in [1.82, 2.24) is 9.88 Å². The minimum atomic E-state index is -0.557. The highest BCUT2D eigenvalue weighted by Gasteiger charge is 2.22. The largest absolute Gasteiger partial charge is 0.341 e. The second kappa shape index (κ2) is 4.60. The highest BCUT2D eigenvalue weighted by atomic mass is 19.1. The molecule has 1 aliphatic rings. The van der Waals surface area contributed by atoms with Crippen molar-refractivity contribution < 1.29 is 9.18 Å². The van der Waals surface area contributed by atoms with Gasteiger partial charge in [0, 0.05) is 19.8 Å². The summed E-state index contributed by atoms with van der Waals surface area (Å²) in [4.78, 5) is 17.1. The van der Waals surface area contributed by atoms with Crippen molar-refractivity contribution in [2.24, 2.45) is 5.92 Å². The van der Waals surface area contributed by atoms with E-state index >= 15 is 0 Å². The van der Waals surface area contributed by atoms with E-state index < -0.39 is 5.95 Å². The van der Waals surface area contributed by atoms with E-state index in [1.165, 1.54) is 37.6 Å². The SMILES string of the molecule is CN(CC1CCC1)C(=O)c1ccc(F)nc1. The van der Waals surface area contributed by atoms with Crippen molar-refractivity contribution in [2.75, 3.05) is 13.6 Å². The molecule has 86 valence electrons. The third-order valence-electron chi connectivity index (χ3n) is 3.08. The van der Waals surface area contributed by atoms with E-state index in [1.54, 1.807) is 11.9 Å². The maximum Gasteiger partial charge on any atom is 0.255 e. The number of aromatic nitrogens is 1. The van der Waals surface area contributed by atoms with E-state index in [0.29, 0.717) is 11.5 Å². The van der Waals surface area contributed by atoms with Gasteiger partial charge in [0.25, 0.3) is 5.91 Å². The van der Waals surface area contributed by atoms with E-state index in [9.17, 15) is 9.18 Å². The molecule has 1 fully saturated rings. The summed E-state index contributed by atoms with van der Waals surface area (Å²) < 4.78 is 12.6. The summed E-state index contributed by atoms with van der Waals surface area (Å²) >= 11 is 0. The van der Waals surface area contributed by atoms with E-state index in [2.05, 4.69) is 4.98 Å². The molecule has 0 atom stereocenters. The Labute approximate surface area is 94.3 Å². The van der Waals surface area contributed by atoms with Gasteiger partial charge in [-0.2, -0.15) is 4.39 Å². The minimum absolute atomic E-state index is 0.0839. The van der Waals surface area contributed by atoms with Crippen LogP contribution in [0.15, 0.2) is 18.3 Å². The van der Waals surface area contributed by atoms with Crippen LogP contribution in [0.3, 0.4) is 0 Å². The van der Waals surface area contributed by atoms with Crippen molar-refractivity contribution in [3.63, 3.8) is 0 Å².